The van der Waals surface area contributed by atoms with Crippen molar-refractivity contribution in [3.8, 4) is 0 Å². The molecule has 3 aromatic rings. The van der Waals surface area contributed by atoms with Gasteiger partial charge >= 0.3 is 0 Å². The molecule has 2 N–H and O–H groups in total. The third-order valence-corrected chi connectivity index (χ3v) is 9.43. The summed E-state index contributed by atoms with van der Waals surface area (Å²) in [6.07, 6.45) is 0. The molecule has 0 aliphatic heterocycles. The molecule has 0 aromatic heterocycles. The average molecular weight is 550 g/mol. The average Bonchev–Trinajstić information content (AvgIpc) is 2.79. The molecule has 0 bridgehead atoms. The highest BCUT2D eigenvalue weighted by Gasteiger charge is 2.52. The summed E-state index contributed by atoms with van der Waals surface area (Å²) in [6, 6.07) is 29.9. The van der Waals surface area contributed by atoms with E-state index >= 15 is 0 Å². The zero-order valence-corrected chi connectivity index (χ0v) is 20.8. The Hall–Kier alpha value is -1.70. The lowest BCUT2D eigenvalue weighted by molar-refractivity contribution is -1.92. The van der Waals surface area contributed by atoms with Crippen LogP contribution in [0.3, 0.4) is 0 Å². The van der Waals surface area contributed by atoms with Gasteiger partial charge in [0.25, 0.3) is 0 Å². The monoisotopic (exact) mass is 548 g/mol. The molecule has 0 fully saturated rings. The molecule has 0 atom stereocenters. The van der Waals surface area contributed by atoms with Crippen LogP contribution >= 0.6 is 42.1 Å². The van der Waals surface area contributed by atoms with Crippen LogP contribution in [-0.4, -0.2) is 16.4 Å². The molecule has 0 spiro atoms. The van der Waals surface area contributed by atoms with E-state index in [-0.39, 0.29) is 16.3 Å². The van der Waals surface area contributed by atoms with Gasteiger partial charge < -0.3 is 0 Å². The third kappa shape index (κ3) is 7.66. The van der Waals surface area contributed by atoms with Crippen LogP contribution in [0, 0.1) is 10.2 Å². The summed E-state index contributed by atoms with van der Waals surface area (Å²) in [6.45, 7) is 0. The molecule has 11 heteroatoms. The van der Waals surface area contributed by atoms with E-state index in [1.807, 2.05) is 91.0 Å². The molecule has 1 amide bonds. The number of amides is 1. The number of hydrogen-bond donors (Lipinski definition) is 2. The number of carbonyl (C=O) groups is 1. The van der Waals surface area contributed by atoms with Crippen molar-refractivity contribution in [1.29, 1.82) is 0 Å². The van der Waals surface area contributed by atoms with Gasteiger partial charge in [-0.25, -0.2) is 0 Å². The Morgan fingerprint density at radius 3 is 1.33 bits per heavy atom. The van der Waals surface area contributed by atoms with Gasteiger partial charge in [-0.05, 0) is 36.4 Å². The fraction of sp³-hybridized carbons (Fsp3) is 0.0455. The molecule has 0 heterocycles. The van der Waals surface area contributed by atoms with Crippen molar-refractivity contribution in [3.05, 3.63) is 101 Å². The standard InChI is InChI=1S/C22H17Cl3NOP.ClHO4/c23-16-20(27)26-22(21(24)25)28(17-10-4-1-5-11-17,18-12-6-2-7-13-18)19-14-8-3-9-15-19;2-1(3,4)5/h1-15H,16H2;(H,2,3,4,5)/p+1. The third-order valence-electron chi connectivity index (χ3n) is 4.32. The summed E-state index contributed by atoms with van der Waals surface area (Å²) in [5.41, 5.74) is 0.477. The van der Waals surface area contributed by atoms with Crippen LogP contribution in [0.15, 0.2) is 101 Å². The van der Waals surface area contributed by atoms with Crippen molar-refractivity contribution in [2.24, 2.45) is 0 Å². The maximum Gasteiger partial charge on any atom is 0.241 e. The first kappa shape index (κ1) is 27.5. The summed E-state index contributed by atoms with van der Waals surface area (Å²) in [5.74, 6) is -0.550. The summed E-state index contributed by atoms with van der Waals surface area (Å²) < 4.78 is 32.7. The van der Waals surface area contributed by atoms with Crippen molar-refractivity contribution in [2.45, 2.75) is 0 Å². The van der Waals surface area contributed by atoms with Gasteiger partial charge in [-0.15, -0.1) is 11.6 Å². The van der Waals surface area contributed by atoms with E-state index in [4.69, 9.17) is 53.4 Å². The van der Waals surface area contributed by atoms with E-state index in [1.54, 1.807) is 0 Å². The quantitative estimate of drug-likeness (QED) is 0.348. The van der Waals surface area contributed by atoms with Crippen molar-refractivity contribution in [3.63, 3.8) is 0 Å². The summed E-state index contributed by atoms with van der Waals surface area (Å²) >= 11 is 18.6. The highest BCUT2D eigenvalue weighted by molar-refractivity contribution is 7.99. The normalized spacial score (nSPS) is 11.1. The molecule has 174 valence electrons. The van der Waals surface area contributed by atoms with E-state index in [0.29, 0.717) is 5.44 Å². The number of carbonyl (C=O) groups excluding carboxylic acids is 1. The predicted octanol–water partition coefficient (Wildman–Crippen LogP) is 0.816. The summed E-state index contributed by atoms with van der Waals surface area (Å²) in [7, 11) is -7.26. The second kappa shape index (κ2) is 12.7. The van der Waals surface area contributed by atoms with Crippen LogP contribution in [0.5, 0.6) is 0 Å². The Kier molecular flexibility index (Phi) is 10.6. The molecular formula is C22H19Cl4NO5P+. The van der Waals surface area contributed by atoms with Gasteiger partial charge in [0.1, 0.15) is 21.8 Å². The van der Waals surface area contributed by atoms with Crippen LogP contribution in [0.2, 0.25) is 0 Å². The Labute approximate surface area is 209 Å². The number of nitrogens with one attached hydrogen (secondary N) is 1. The van der Waals surface area contributed by atoms with Crippen LogP contribution in [-0.2, 0) is 4.79 Å². The molecule has 0 radical (unpaired) electrons. The molecular weight excluding hydrogens is 531 g/mol. The highest BCUT2D eigenvalue weighted by atomic mass is 35.7. The molecule has 3 aromatic carbocycles. The maximum atomic E-state index is 12.3. The Morgan fingerprint density at radius 1 is 0.788 bits per heavy atom. The van der Waals surface area contributed by atoms with Crippen molar-refractivity contribution < 1.29 is 33.7 Å². The minimum atomic E-state index is -4.69. The minimum Gasteiger partial charge on any atom is -0.293 e. The fourth-order valence-corrected chi connectivity index (χ4v) is 8.21. The van der Waals surface area contributed by atoms with E-state index in [2.05, 4.69) is 5.32 Å². The van der Waals surface area contributed by atoms with E-state index < -0.39 is 17.5 Å². The van der Waals surface area contributed by atoms with Crippen LogP contribution < -0.4 is 35.2 Å². The second-order valence-corrected chi connectivity index (χ2v) is 11.7. The number of hydrogen-bond acceptors (Lipinski definition) is 5. The Balaban J connectivity index is 0.000000696. The van der Waals surface area contributed by atoms with Gasteiger partial charge in [-0.2, -0.15) is 14.0 Å². The lowest BCUT2D eigenvalue weighted by Crippen LogP contribution is -2.58. The molecule has 3 rings (SSSR count). The first-order valence-electron chi connectivity index (χ1n) is 9.21. The topological polar surface area (TPSA) is 119 Å². The minimum absolute atomic E-state index is 0.0170. The molecule has 0 aliphatic rings. The van der Waals surface area contributed by atoms with Crippen molar-refractivity contribution in [2.75, 3.05) is 5.88 Å². The summed E-state index contributed by atoms with van der Waals surface area (Å²) in [5, 5.41) is 5.97. The van der Waals surface area contributed by atoms with Gasteiger partial charge in [0.2, 0.25) is 11.3 Å². The molecule has 0 saturated heterocycles. The van der Waals surface area contributed by atoms with Crippen LogP contribution in [0.25, 0.3) is 0 Å². The molecule has 0 unspecified atom stereocenters. The van der Waals surface area contributed by atoms with E-state index in [0.717, 1.165) is 15.9 Å². The molecule has 0 aliphatic carbocycles. The lowest BCUT2D eigenvalue weighted by Gasteiger charge is -2.29. The highest BCUT2D eigenvalue weighted by Crippen LogP contribution is 2.62. The van der Waals surface area contributed by atoms with E-state index in [9.17, 15) is 4.79 Å². The Bertz CT molecular complexity index is 958. The van der Waals surface area contributed by atoms with Crippen molar-refractivity contribution in [1.82, 2.24) is 5.32 Å². The first-order valence-corrected chi connectivity index (χ1v) is 13.6. The van der Waals surface area contributed by atoms with E-state index in [1.165, 1.54) is 0 Å². The fourth-order valence-electron chi connectivity index (χ4n) is 3.21. The zero-order valence-electron chi connectivity index (χ0n) is 16.9. The Morgan fingerprint density at radius 2 is 1.09 bits per heavy atom. The maximum absolute atomic E-state index is 12.3. The first-order chi connectivity index (χ1) is 15.6. The second-order valence-electron chi connectivity index (χ2n) is 6.36. The number of rotatable bonds is 6. The number of benzene rings is 3. The molecule has 33 heavy (non-hydrogen) atoms. The smallest absolute Gasteiger partial charge is 0.241 e. The lowest BCUT2D eigenvalue weighted by atomic mass is 10.4. The predicted molar refractivity (Wildman–Crippen MR) is 125 cm³/mol. The number of alkyl halides is 1. The largest absolute Gasteiger partial charge is 0.293 e. The van der Waals surface area contributed by atoms with Crippen molar-refractivity contribution >= 4 is 63.9 Å². The molecule has 6 nitrogen and oxygen atoms in total. The van der Waals surface area contributed by atoms with Gasteiger partial charge in [0.05, 0.1) is 14.9 Å². The van der Waals surface area contributed by atoms with Gasteiger partial charge in [-0.3, -0.25) is 10.1 Å². The zero-order chi connectivity index (χ0) is 24.5. The van der Waals surface area contributed by atoms with Gasteiger partial charge in [0, 0.05) is 0 Å². The van der Waals surface area contributed by atoms with Crippen LogP contribution in [0.1, 0.15) is 0 Å². The molecule has 0 saturated carbocycles. The van der Waals surface area contributed by atoms with Gasteiger partial charge in [0.15, 0.2) is 11.8 Å². The number of halogens is 4. The van der Waals surface area contributed by atoms with Crippen LogP contribution in [0.4, 0.5) is 0 Å². The van der Waals surface area contributed by atoms with Gasteiger partial charge in [-0.1, -0.05) is 77.8 Å². The SMILES string of the molecule is O=C(CCl)NC(=C(Cl)Cl)[P+](c1ccccc1)(c1ccccc1)c1ccccc1.[O-][Cl+3]([O-])([O-])O. The summed E-state index contributed by atoms with van der Waals surface area (Å²) in [4.78, 5) is 12.3.